The normalized spacial score (nSPS) is 10.9. The molecule has 20 heavy (non-hydrogen) atoms. The van der Waals surface area contributed by atoms with Crippen LogP contribution in [0.5, 0.6) is 0 Å². The van der Waals surface area contributed by atoms with Crippen molar-refractivity contribution >= 4 is 0 Å². The predicted molar refractivity (Wildman–Crippen MR) is 73.8 cm³/mol. The maximum Gasteiger partial charge on any atom is 0.141 e. The van der Waals surface area contributed by atoms with Crippen LogP contribution in [0.3, 0.4) is 0 Å². The first-order valence-electron chi connectivity index (χ1n) is 6.52. The minimum atomic E-state index is -0.216. The van der Waals surface area contributed by atoms with Gasteiger partial charge in [0.1, 0.15) is 18.0 Å². The topological polar surface area (TPSA) is 52.0 Å². The Morgan fingerprint density at radius 1 is 1.40 bits per heavy atom. The smallest absolute Gasteiger partial charge is 0.141 e. The standard InChI is InChI=1S/C14H19FN4O/c1-11-7-13(15)4-3-12(11)9-19-14(17-10-18-19)8-16-5-6-20-2/h3-4,7,10,16H,5-6,8-9H2,1-2H3. The second kappa shape index (κ2) is 7.12. The van der Waals surface area contributed by atoms with Crippen LogP contribution < -0.4 is 5.32 Å². The van der Waals surface area contributed by atoms with Gasteiger partial charge >= 0.3 is 0 Å². The lowest BCUT2D eigenvalue weighted by Gasteiger charge is -2.09. The van der Waals surface area contributed by atoms with Gasteiger partial charge in [0.15, 0.2) is 0 Å². The van der Waals surface area contributed by atoms with E-state index in [1.807, 2.05) is 11.6 Å². The molecule has 1 heterocycles. The number of benzene rings is 1. The minimum Gasteiger partial charge on any atom is -0.383 e. The van der Waals surface area contributed by atoms with Gasteiger partial charge in [-0.1, -0.05) is 6.07 Å². The Morgan fingerprint density at radius 3 is 3.00 bits per heavy atom. The molecule has 1 aromatic carbocycles. The van der Waals surface area contributed by atoms with Crippen molar-refractivity contribution in [2.75, 3.05) is 20.3 Å². The first-order valence-corrected chi connectivity index (χ1v) is 6.52. The van der Waals surface area contributed by atoms with Crippen molar-refractivity contribution < 1.29 is 9.13 Å². The fraction of sp³-hybridized carbons (Fsp3) is 0.429. The Hall–Kier alpha value is -1.79. The van der Waals surface area contributed by atoms with Gasteiger partial charge in [0.2, 0.25) is 0 Å². The zero-order chi connectivity index (χ0) is 14.4. The van der Waals surface area contributed by atoms with E-state index in [9.17, 15) is 4.39 Å². The lowest BCUT2D eigenvalue weighted by Crippen LogP contribution is -2.21. The lowest BCUT2D eigenvalue weighted by molar-refractivity contribution is 0.198. The van der Waals surface area contributed by atoms with E-state index in [2.05, 4.69) is 15.4 Å². The third-order valence-corrected chi connectivity index (χ3v) is 3.09. The van der Waals surface area contributed by atoms with Crippen molar-refractivity contribution in [3.05, 3.63) is 47.3 Å². The summed E-state index contributed by atoms with van der Waals surface area (Å²) in [7, 11) is 1.67. The highest BCUT2D eigenvalue weighted by Crippen LogP contribution is 2.12. The molecule has 2 aromatic rings. The summed E-state index contributed by atoms with van der Waals surface area (Å²) < 4.78 is 19.9. The zero-order valence-electron chi connectivity index (χ0n) is 11.8. The van der Waals surface area contributed by atoms with E-state index in [4.69, 9.17) is 4.74 Å². The number of hydrogen-bond donors (Lipinski definition) is 1. The van der Waals surface area contributed by atoms with Gasteiger partial charge < -0.3 is 10.1 Å². The number of nitrogens with one attached hydrogen (secondary N) is 1. The third kappa shape index (κ3) is 3.85. The Labute approximate surface area is 117 Å². The van der Waals surface area contributed by atoms with E-state index >= 15 is 0 Å². The largest absolute Gasteiger partial charge is 0.383 e. The molecule has 108 valence electrons. The van der Waals surface area contributed by atoms with Crippen LogP contribution in [0.4, 0.5) is 4.39 Å². The molecule has 0 saturated carbocycles. The van der Waals surface area contributed by atoms with Crippen molar-refractivity contribution in [2.24, 2.45) is 0 Å². The Bertz CT molecular complexity index is 556. The molecule has 0 bridgehead atoms. The molecule has 0 spiro atoms. The molecule has 0 saturated heterocycles. The fourth-order valence-corrected chi connectivity index (χ4v) is 1.93. The summed E-state index contributed by atoms with van der Waals surface area (Å²) in [5, 5.41) is 7.44. The lowest BCUT2D eigenvalue weighted by atomic mass is 10.1. The maximum absolute atomic E-state index is 13.1. The van der Waals surface area contributed by atoms with E-state index in [0.717, 1.165) is 23.5 Å². The van der Waals surface area contributed by atoms with Crippen molar-refractivity contribution in [3.8, 4) is 0 Å². The van der Waals surface area contributed by atoms with Gasteiger partial charge in [-0.25, -0.2) is 14.1 Å². The number of aromatic nitrogens is 3. The summed E-state index contributed by atoms with van der Waals surface area (Å²) >= 11 is 0. The van der Waals surface area contributed by atoms with E-state index in [0.29, 0.717) is 19.7 Å². The molecule has 0 fully saturated rings. The molecule has 0 unspecified atom stereocenters. The van der Waals surface area contributed by atoms with Crippen molar-refractivity contribution in [1.82, 2.24) is 20.1 Å². The molecule has 0 amide bonds. The van der Waals surface area contributed by atoms with Crippen LogP contribution in [0, 0.1) is 12.7 Å². The van der Waals surface area contributed by atoms with Gasteiger partial charge in [-0.3, -0.25) is 0 Å². The second-order valence-electron chi connectivity index (χ2n) is 4.57. The van der Waals surface area contributed by atoms with Crippen LogP contribution in [0.15, 0.2) is 24.5 Å². The first-order chi connectivity index (χ1) is 9.70. The molecule has 6 heteroatoms. The molecule has 0 atom stereocenters. The minimum absolute atomic E-state index is 0.216. The van der Waals surface area contributed by atoms with Gasteiger partial charge in [-0.05, 0) is 30.2 Å². The summed E-state index contributed by atoms with van der Waals surface area (Å²) in [4.78, 5) is 4.23. The number of methoxy groups -OCH3 is 1. The molecular formula is C14H19FN4O. The fourth-order valence-electron chi connectivity index (χ4n) is 1.93. The van der Waals surface area contributed by atoms with Gasteiger partial charge in [-0.15, -0.1) is 0 Å². The molecule has 0 aliphatic rings. The molecule has 5 nitrogen and oxygen atoms in total. The average molecular weight is 278 g/mol. The Kier molecular flexibility index (Phi) is 5.20. The Balaban J connectivity index is 2.01. The van der Waals surface area contributed by atoms with Crippen LogP contribution in [0.25, 0.3) is 0 Å². The molecule has 0 aliphatic carbocycles. The number of aryl methyl sites for hydroxylation is 1. The number of halogens is 1. The number of nitrogens with zero attached hydrogens (tertiary/aromatic N) is 3. The third-order valence-electron chi connectivity index (χ3n) is 3.09. The van der Waals surface area contributed by atoms with Crippen LogP contribution in [-0.2, 0) is 17.8 Å². The van der Waals surface area contributed by atoms with E-state index in [1.165, 1.54) is 18.5 Å². The number of rotatable bonds is 7. The zero-order valence-corrected chi connectivity index (χ0v) is 11.8. The average Bonchev–Trinajstić information content (AvgIpc) is 2.85. The van der Waals surface area contributed by atoms with Crippen LogP contribution in [-0.4, -0.2) is 35.0 Å². The maximum atomic E-state index is 13.1. The first kappa shape index (κ1) is 14.6. The van der Waals surface area contributed by atoms with Crippen molar-refractivity contribution in [3.63, 3.8) is 0 Å². The number of ether oxygens (including phenoxy) is 1. The van der Waals surface area contributed by atoms with E-state index in [1.54, 1.807) is 13.2 Å². The van der Waals surface area contributed by atoms with E-state index < -0.39 is 0 Å². The summed E-state index contributed by atoms with van der Waals surface area (Å²) in [6.45, 7) is 4.53. The molecule has 0 aliphatic heterocycles. The predicted octanol–water partition coefficient (Wildman–Crippen LogP) is 1.51. The number of hydrogen-bond acceptors (Lipinski definition) is 4. The molecule has 2 rings (SSSR count). The van der Waals surface area contributed by atoms with Crippen LogP contribution in [0.1, 0.15) is 17.0 Å². The van der Waals surface area contributed by atoms with E-state index in [-0.39, 0.29) is 5.82 Å². The van der Waals surface area contributed by atoms with Crippen molar-refractivity contribution in [1.29, 1.82) is 0 Å². The highest BCUT2D eigenvalue weighted by Gasteiger charge is 2.07. The SMILES string of the molecule is COCCNCc1ncnn1Cc1ccc(F)cc1C. The summed E-state index contributed by atoms with van der Waals surface area (Å²) in [6.07, 6.45) is 1.53. The molecule has 1 aromatic heterocycles. The quantitative estimate of drug-likeness (QED) is 0.780. The van der Waals surface area contributed by atoms with Gasteiger partial charge in [0.05, 0.1) is 19.7 Å². The molecule has 1 N–H and O–H groups in total. The van der Waals surface area contributed by atoms with Crippen LogP contribution in [0.2, 0.25) is 0 Å². The molecule has 0 radical (unpaired) electrons. The summed E-state index contributed by atoms with van der Waals surface area (Å²) in [6, 6.07) is 4.78. The highest BCUT2D eigenvalue weighted by atomic mass is 19.1. The highest BCUT2D eigenvalue weighted by molar-refractivity contribution is 5.26. The Morgan fingerprint density at radius 2 is 2.25 bits per heavy atom. The van der Waals surface area contributed by atoms with Gasteiger partial charge in [0.25, 0.3) is 0 Å². The van der Waals surface area contributed by atoms with Crippen LogP contribution >= 0.6 is 0 Å². The summed E-state index contributed by atoms with van der Waals surface area (Å²) in [5.74, 6) is 0.635. The molecular weight excluding hydrogens is 259 g/mol. The summed E-state index contributed by atoms with van der Waals surface area (Å²) in [5.41, 5.74) is 1.95. The monoisotopic (exact) mass is 278 g/mol. The van der Waals surface area contributed by atoms with Crippen molar-refractivity contribution in [2.45, 2.75) is 20.0 Å². The van der Waals surface area contributed by atoms with Gasteiger partial charge in [-0.2, -0.15) is 5.10 Å². The second-order valence-corrected chi connectivity index (χ2v) is 4.57. The van der Waals surface area contributed by atoms with Gasteiger partial charge in [0, 0.05) is 13.7 Å².